The Morgan fingerprint density at radius 3 is 2.79 bits per heavy atom. The summed E-state index contributed by atoms with van der Waals surface area (Å²) in [5.74, 6) is 0.334. The average molecular weight is 339 g/mol. The number of benzene rings is 1. The highest BCUT2D eigenvalue weighted by Gasteiger charge is 2.17. The fraction of sp³-hybridized carbons (Fsp3) is 0.0625. The SMILES string of the molecule is C[S+]([O-])c1nc(Nc2cccc3[nH]ccc23)c2c(=O)[nH]ccc2n1. The summed E-state index contributed by atoms with van der Waals surface area (Å²) in [6, 6.07) is 9.34. The first kappa shape index (κ1) is 14.7. The Bertz CT molecular complexity index is 1100. The highest BCUT2D eigenvalue weighted by atomic mass is 32.2. The third kappa shape index (κ3) is 2.41. The van der Waals surface area contributed by atoms with Crippen LogP contribution < -0.4 is 10.9 Å². The maximum atomic E-state index is 12.2. The molecule has 7 nitrogen and oxygen atoms in total. The predicted molar refractivity (Wildman–Crippen MR) is 94.1 cm³/mol. The number of pyridine rings is 1. The molecule has 1 atom stereocenters. The van der Waals surface area contributed by atoms with Crippen molar-refractivity contribution < 1.29 is 4.55 Å². The Morgan fingerprint density at radius 1 is 1.12 bits per heavy atom. The Morgan fingerprint density at radius 2 is 1.96 bits per heavy atom. The quantitative estimate of drug-likeness (QED) is 0.392. The number of aromatic nitrogens is 4. The number of anilines is 2. The Hall–Kier alpha value is -2.84. The smallest absolute Gasteiger partial charge is 0.344 e. The fourth-order valence-electron chi connectivity index (χ4n) is 2.61. The number of H-pyrrole nitrogens is 2. The molecule has 24 heavy (non-hydrogen) atoms. The molecule has 1 unspecified atom stereocenters. The number of rotatable bonds is 3. The van der Waals surface area contributed by atoms with Gasteiger partial charge in [0.25, 0.3) is 5.56 Å². The van der Waals surface area contributed by atoms with Crippen LogP contribution in [0.2, 0.25) is 0 Å². The molecule has 0 aliphatic heterocycles. The lowest BCUT2D eigenvalue weighted by Crippen LogP contribution is -2.13. The zero-order valence-electron chi connectivity index (χ0n) is 12.7. The first-order valence-electron chi connectivity index (χ1n) is 7.19. The van der Waals surface area contributed by atoms with Gasteiger partial charge in [0.05, 0.1) is 5.52 Å². The second-order valence-electron chi connectivity index (χ2n) is 5.25. The van der Waals surface area contributed by atoms with Crippen molar-refractivity contribution in [2.75, 3.05) is 11.6 Å². The van der Waals surface area contributed by atoms with Gasteiger partial charge in [0.1, 0.15) is 11.6 Å². The lowest BCUT2D eigenvalue weighted by Gasteiger charge is -2.11. The number of aromatic amines is 2. The molecule has 0 radical (unpaired) electrons. The van der Waals surface area contributed by atoms with E-state index in [4.69, 9.17) is 0 Å². The highest BCUT2D eigenvalue weighted by Crippen LogP contribution is 2.27. The zero-order valence-corrected chi connectivity index (χ0v) is 13.5. The summed E-state index contributed by atoms with van der Waals surface area (Å²) in [5.41, 5.74) is 1.91. The molecule has 3 aromatic heterocycles. The van der Waals surface area contributed by atoms with Crippen LogP contribution in [0.3, 0.4) is 0 Å². The summed E-state index contributed by atoms with van der Waals surface area (Å²) in [7, 11) is 0. The molecule has 3 N–H and O–H groups in total. The number of nitrogens with zero attached hydrogens (tertiary/aromatic N) is 2. The monoisotopic (exact) mass is 339 g/mol. The Kier molecular flexibility index (Phi) is 3.47. The van der Waals surface area contributed by atoms with Gasteiger partial charge in [0.2, 0.25) is 0 Å². The van der Waals surface area contributed by atoms with Gasteiger partial charge in [-0.1, -0.05) is 6.07 Å². The molecule has 120 valence electrons. The normalized spacial score (nSPS) is 12.6. The maximum Gasteiger partial charge on any atom is 0.344 e. The van der Waals surface area contributed by atoms with Crippen molar-refractivity contribution in [3.63, 3.8) is 0 Å². The van der Waals surface area contributed by atoms with Gasteiger partial charge in [-0.15, -0.1) is 0 Å². The van der Waals surface area contributed by atoms with E-state index in [-0.39, 0.29) is 10.7 Å². The molecule has 8 heteroatoms. The Balaban J connectivity index is 1.95. The van der Waals surface area contributed by atoms with Crippen LogP contribution in [0.1, 0.15) is 0 Å². The van der Waals surface area contributed by atoms with Crippen LogP contribution in [0.15, 0.2) is 52.7 Å². The molecular weight excluding hydrogens is 326 g/mol. The summed E-state index contributed by atoms with van der Waals surface area (Å²) in [5, 5.41) is 4.67. The van der Waals surface area contributed by atoms with Crippen molar-refractivity contribution in [2.45, 2.75) is 5.16 Å². The van der Waals surface area contributed by atoms with Crippen LogP contribution in [0.4, 0.5) is 11.5 Å². The van der Waals surface area contributed by atoms with Crippen LogP contribution in [0.25, 0.3) is 21.8 Å². The predicted octanol–water partition coefficient (Wildman–Crippen LogP) is 2.28. The van der Waals surface area contributed by atoms with Gasteiger partial charge in [0.15, 0.2) is 5.82 Å². The first-order chi connectivity index (χ1) is 11.6. The molecule has 0 saturated heterocycles. The lowest BCUT2D eigenvalue weighted by molar-refractivity contribution is 0.593. The van der Waals surface area contributed by atoms with Crippen molar-refractivity contribution in [3.05, 3.63) is 53.1 Å². The average Bonchev–Trinajstić information content (AvgIpc) is 3.04. The molecule has 3 heterocycles. The van der Waals surface area contributed by atoms with E-state index in [1.807, 2.05) is 30.5 Å². The summed E-state index contributed by atoms with van der Waals surface area (Å²) < 4.78 is 11.8. The minimum atomic E-state index is -1.36. The molecule has 0 aliphatic rings. The van der Waals surface area contributed by atoms with Crippen molar-refractivity contribution in [1.29, 1.82) is 0 Å². The van der Waals surface area contributed by atoms with Gasteiger partial charge in [-0.3, -0.25) is 4.79 Å². The van der Waals surface area contributed by atoms with Gasteiger partial charge in [-0.25, -0.2) is 0 Å². The van der Waals surface area contributed by atoms with E-state index in [0.717, 1.165) is 16.6 Å². The third-order valence-electron chi connectivity index (χ3n) is 3.70. The second kappa shape index (κ2) is 5.66. The maximum absolute atomic E-state index is 12.2. The van der Waals surface area contributed by atoms with Crippen molar-refractivity contribution in [2.24, 2.45) is 0 Å². The summed E-state index contributed by atoms with van der Waals surface area (Å²) in [6.45, 7) is 0. The zero-order chi connectivity index (χ0) is 16.7. The van der Waals surface area contributed by atoms with Crippen LogP contribution in [-0.4, -0.2) is 30.7 Å². The van der Waals surface area contributed by atoms with E-state index in [2.05, 4.69) is 25.3 Å². The molecule has 1 aromatic carbocycles. The molecular formula is C16H13N5O2S. The van der Waals surface area contributed by atoms with Gasteiger partial charge in [-0.05, 0) is 24.3 Å². The largest absolute Gasteiger partial charge is 0.609 e. The van der Waals surface area contributed by atoms with Gasteiger partial charge < -0.3 is 19.8 Å². The van der Waals surface area contributed by atoms with Crippen LogP contribution in [-0.2, 0) is 11.2 Å². The van der Waals surface area contributed by atoms with E-state index < -0.39 is 11.2 Å². The van der Waals surface area contributed by atoms with Gasteiger partial charge >= 0.3 is 5.16 Å². The third-order valence-corrected chi connectivity index (χ3v) is 4.40. The Labute approximate surface area is 139 Å². The van der Waals surface area contributed by atoms with E-state index in [0.29, 0.717) is 16.7 Å². The van der Waals surface area contributed by atoms with Crippen LogP contribution in [0, 0.1) is 0 Å². The number of hydrogen-bond acceptors (Lipinski definition) is 5. The van der Waals surface area contributed by atoms with E-state index in [1.54, 1.807) is 6.07 Å². The van der Waals surface area contributed by atoms with Crippen molar-refractivity contribution in [1.82, 2.24) is 19.9 Å². The van der Waals surface area contributed by atoms with E-state index >= 15 is 0 Å². The minimum absolute atomic E-state index is 0.178. The highest BCUT2D eigenvalue weighted by molar-refractivity contribution is 7.90. The molecule has 0 fully saturated rings. The van der Waals surface area contributed by atoms with E-state index in [1.165, 1.54) is 12.5 Å². The lowest BCUT2D eigenvalue weighted by atomic mass is 10.2. The van der Waals surface area contributed by atoms with Crippen molar-refractivity contribution >= 4 is 44.5 Å². The number of fused-ring (bicyclic) bond motifs is 2. The summed E-state index contributed by atoms with van der Waals surface area (Å²) >= 11 is -1.36. The number of nitrogens with one attached hydrogen (secondary N) is 3. The van der Waals surface area contributed by atoms with Crippen LogP contribution in [0.5, 0.6) is 0 Å². The van der Waals surface area contributed by atoms with Crippen LogP contribution >= 0.6 is 0 Å². The molecule has 0 bridgehead atoms. The molecule has 4 rings (SSSR count). The molecule has 4 aromatic rings. The number of hydrogen-bond donors (Lipinski definition) is 3. The summed E-state index contributed by atoms with van der Waals surface area (Å²) in [6.07, 6.45) is 4.86. The van der Waals surface area contributed by atoms with Crippen molar-refractivity contribution in [3.8, 4) is 0 Å². The van der Waals surface area contributed by atoms with Gasteiger partial charge in [0, 0.05) is 40.2 Å². The van der Waals surface area contributed by atoms with Gasteiger partial charge in [-0.2, -0.15) is 9.97 Å². The van der Waals surface area contributed by atoms with E-state index in [9.17, 15) is 9.35 Å². The molecule has 0 spiro atoms. The fourth-order valence-corrected chi connectivity index (χ4v) is 3.06. The first-order valence-corrected chi connectivity index (χ1v) is 8.75. The summed E-state index contributed by atoms with van der Waals surface area (Å²) in [4.78, 5) is 26.5. The minimum Gasteiger partial charge on any atom is -0.609 e. The second-order valence-corrected chi connectivity index (χ2v) is 6.52. The molecule has 0 aliphatic carbocycles. The molecule has 0 amide bonds. The molecule has 0 saturated carbocycles. The topological polar surface area (TPSA) is 110 Å². The standard InChI is InChI=1S/C16H13N5O2S/c1-24(23)16-20-12-6-8-18-15(22)13(12)14(21-16)19-11-4-2-3-10-9(11)5-7-17-10/h2-8,17H,1H3,(H,18,22)(H,19,20,21).